The summed E-state index contributed by atoms with van der Waals surface area (Å²) in [4.78, 5) is 17.3. The van der Waals surface area contributed by atoms with Crippen LogP contribution in [0.3, 0.4) is 0 Å². The maximum atomic E-state index is 12.7. The van der Waals surface area contributed by atoms with Gasteiger partial charge in [0.15, 0.2) is 5.82 Å². The summed E-state index contributed by atoms with van der Waals surface area (Å²) in [6, 6.07) is 26.2. The molecule has 1 aromatic heterocycles. The van der Waals surface area contributed by atoms with Gasteiger partial charge in [0, 0.05) is 24.3 Å². The Morgan fingerprint density at radius 3 is 2.46 bits per heavy atom. The van der Waals surface area contributed by atoms with Gasteiger partial charge >= 0.3 is 6.01 Å². The van der Waals surface area contributed by atoms with Gasteiger partial charge in [-0.05, 0) is 49.1 Å². The van der Waals surface area contributed by atoms with E-state index >= 15 is 0 Å². The number of ether oxygens (including phenoxy) is 2. The normalized spacial score (nSPS) is 16.6. The molecule has 1 aliphatic carbocycles. The van der Waals surface area contributed by atoms with E-state index in [1.54, 1.807) is 11.8 Å². The first-order chi connectivity index (χ1) is 17.1. The van der Waals surface area contributed by atoms with Crippen molar-refractivity contribution < 1.29 is 14.3 Å². The quantitative estimate of drug-likeness (QED) is 0.350. The number of hydrogen-bond donors (Lipinski definition) is 1. The molecule has 35 heavy (non-hydrogen) atoms. The Hall–Kier alpha value is -3.97. The highest BCUT2D eigenvalue weighted by Gasteiger charge is 2.43. The summed E-state index contributed by atoms with van der Waals surface area (Å²) in [5.41, 5.74) is 4.90. The lowest BCUT2D eigenvalue weighted by atomic mass is 10.1. The van der Waals surface area contributed by atoms with Crippen molar-refractivity contribution in [3.05, 3.63) is 90.0 Å². The molecule has 0 bridgehead atoms. The van der Waals surface area contributed by atoms with Crippen molar-refractivity contribution in [1.29, 1.82) is 0 Å². The van der Waals surface area contributed by atoms with Crippen molar-refractivity contribution >= 4 is 11.6 Å². The van der Waals surface area contributed by atoms with E-state index in [9.17, 15) is 4.79 Å². The van der Waals surface area contributed by atoms with Gasteiger partial charge in [0.05, 0.1) is 12.3 Å². The maximum Gasteiger partial charge on any atom is 0.336 e. The molecule has 1 heterocycles. The molecule has 1 fully saturated rings. The molecule has 0 spiro atoms. The minimum atomic E-state index is 0.0207. The fourth-order valence-electron chi connectivity index (χ4n) is 4.11. The minimum Gasteiger partial charge on any atom is -0.460 e. The number of methoxy groups -OCH3 is 1. The van der Waals surface area contributed by atoms with Crippen molar-refractivity contribution in [2.75, 3.05) is 25.6 Å². The van der Waals surface area contributed by atoms with Crippen LogP contribution in [0.4, 0.5) is 5.69 Å². The van der Waals surface area contributed by atoms with E-state index < -0.39 is 0 Å². The highest BCUT2D eigenvalue weighted by atomic mass is 16.5. The lowest BCUT2D eigenvalue weighted by molar-refractivity contribution is -0.117. The number of hydrogen-bond acceptors (Lipinski definition) is 5. The first kappa shape index (κ1) is 22.8. The van der Waals surface area contributed by atoms with Crippen molar-refractivity contribution in [2.24, 2.45) is 5.92 Å². The van der Waals surface area contributed by atoms with Gasteiger partial charge in [-0.15, -0.1) is 5.10 Å². The number of anilines is 1. The first-order valence-electron chi connectivity index (χ1n) is 11.7. The minimum absolute atomic E-state index is 0.0207. The van der Waals surface area contributed by atoms with Gasteiger partial charge in [0.25, 0.3) is 0 Å². The number of carbonyl (C=O) groups excluding carboxylic acids is 1. The number of nitrogens with zero attached hydrogens (tertiary/aromatic N) is 3. The Morgan fingerprint density at radius 2 is 1.74 bits per heavy atom. The Kier molecular flexibility index (Phi) is 6.59. The smallest absolute Gasteiger partial charge is 0.336 e. The second-order valence-corrected chi connectivity index (χ2v) is 8.73. The van der Waals surface area contributed by atoms with Crippen molar-refractivity contribution in [1.82, 2.24) is 14.8 Å². The second-order valence-electron chi connectivity index (χ2n) is 8.73. The third-order valence-electron chi connectivity index (χ3n) is 6.15. The van der Waals surface area contributed by atoms with Gasteiger partial charge in [-0.3, -0.25) is 4.79 Å². The highest BCUT2D eigenvalue weighted by Crippen LogP contribution is 2.47. The molecule has 7 heteroatoms. The lowest BCUT2D eigenvalue weighted by Crippen LogP contribution is -2.14. The standard InChI is InChI=1S/C28H28N4O3/c1-19-8-10-21(11-9-19)26-30-28(35-17-16-34-2)31-32(26)23-14-12-22(13-15-23)29-27(33)25-18-24(25)20-6-4-3-5-7-20/h3-15,24-25H,16-18H2,1-2H3,(H,29,33)/t24-,25?/m0/s1. The molecule has 1 N–H and O–H groups in total. The number of aryl methyl sites for hydroxylation is 1. The SMILES string of the molecule is COCCOc1nc(-c2ccc(C)cc2)n(-c2ccc(NC(=O)C3C[C@H]3c3ccccc3)cc2)n1. The maximum absolute atomic E-state index is 12.7. The Balaban J connectivity index is 1.32. The van der Waals surface area contributed by atoms with Gasteiger partial charge < -0.3 is 14.8 Å². The van der Waals surface area contributed by atoms with Crippen LogP contribution in [-0.2, 0) is 9.53 Å². The van der Waals surface area contributed by atoms with Crippen LogP contribution < -0.4 is 10.1 Å². The number of amides is 1. The summed E-state index contributed by atoms with van der Waals surface area (Å²) in [5.74, 6) is 1.06. The van der Waals surface area contributed by atoms with E-state index in [2.05, 4.69) is 27.5 Å². The number of carbonyl (C=O) groups is 1. The first-order valence-corrected chi connectivity index (χ1v) is 11.7. The molecular formula is C28H28N4O3. The molecule has 0 aliphatic heterocycles. The van der Waals surface area contributed by atoms with Crippen LogP contribution >= 0.6 is 0 Å². The van der Waals surface area contributed by atoms with Crippen LogP contribution in [-0.4, -0.2) is 41.0 Å². The van der Waals surface area contributed by atoms with E-state index in [0.717, 1.165) is 23.4 Å². The molecule has 5 rings (SSSR count). The highest BCUT2D eigenvalue weighted by molar-refractivity contribution is 5.95. The van der Waals surface area contributed by atoms with E-state index in [1.165, 1.54) is 11.1 Å². The van der Waals surface area contributed by atoms with E-state index in [4.69, 9.17) is 9.47 Å². The Morgan fingerprint density at radius 1 is 1.00 bits per heavy atom. The van der Waals surface area contributed by atoms with Gasteiger partial charge in [-0.2, -0.15) is 4.98 Å². The van der Waals surface area contributed by atoms with Gasteiger partial charge in [0.1, 0.15) is 6.61 Å². The van der Waals surface area contributed by atoms with Gasteiger partial charge in [0.2, 0.25) is 5.91 Å². The largest absolute Gasteiger partial charge is 0.460 e. The zero-order chi connectivity index (χ0) is 24.2. The topological polar surface area (TPSA) is 78.3 Å². The average molecular weight is 469 g/mol. The number of rotatable bonds is 9. The molecule has 3 aromatic carbocycles. The Labute approximate surface area is 204 Å². The van der Waals surface area contributed by atoms with Crippen LogP contribution in [0.2, 0.25) is 0 Å². The molecule has 4 aromatic rings. The van der Waals surface area contributed by atoms with Crippen LogP contribution in [0.5, 0.6) is 6.01 Å². The number of nitrogens with one attached hydrogen (secondary N) is 1. The Bertz CT molecular complexity index is 1280. The molecule has 178 valence electrons. The summed E-state index contributed by atoms with van der Waals surface area (Å²) >= 11 is 0. The van der Waals surface area contributed by atoms with E-state index in [-0.39, 0.29) is 17.8 Å². The van der Waals surface area contributed by atoms with Crippen LogP contribution in [0.15, 0.2) is 78.9 Å². The molecule has 7 nitrogen and oxygen atoms in total. The van der Waals surface area contributed by atoms with Crippen molar-refractivity contribution in [3.8, 4) is 23.1 Å². The molecule has 1 amide bonds. The van der Waals surface area contributed by atoms with Gasteiger partial charge in [-0.1, -0.05) is 60.2 Å². The fraction of sp³-hybridized carbons (Fsp3) is 0.250. The molecule has 2 atom stereocenters. The van der Waals surface area contributed by atoms with E-state index in [0.29, 0.717) is 25.0 Å². The predicted molar refractivity (Wildman–Crippen MR) is 135 cm³/mol. The van der Waals surface area contributed by atoms with Crippen molar-refractivity contribution in [2.45, 2.75) is 19.3 Å². The molecule has 1 aliphatic rings. The molecular weight excluding hydrogens is 440 g/mol. The molecule has 1 saturated carbocycles. The predicted octanol–water partition coefficient (Wildman–Crippen LogP) is 5.01. The number of benzene rings is 3. The van der Waals surface area contributed by atoms with E-state index in [1.807, 2.05) is 73.7 Å². The van der Waals surface area contributed by atoms with Gasteiger partial charge in [-0.25, -0.2) is 4.68 Å². The molecule has 0 radical (unpaired) electrons. The van der Waals surface area contributed by atoms with Crippen molar-refractivity contribution in [3.63, 3.8) is 0 Å². The van der Waals surface area contributed by atoms with Crippen LogP contribution in [0.1, 0.15) is 23.5 Å². The summed E-state index contributed by atoms with van der Waals surface area (Å²) in [6.07, 6.45) is 0.888. The zero-order valence-corrected chi connectivity index (χ0v) is 19.8. The summed E-state index contributed by atoms with van der Waals surface area (Å²) < 4.78 is 12.5. The number of aromatic nitrogens is 3. The average Bonchev–Trinajstić information content (AvgIpc) is 3.59. The van der Waals surface area contributed by atoms with Crippen LogP contribution in [0.25, 0.3) is 17.1 Å². The van der Waals surface area contributed by atoms with Crippen LogP contribution in [0, 0.1) is 12.8 Å². The summed E-state index contributed by atoms with van der Waals surface area (Å²) in [7, 11) is 1.62. The third-order valence-corrected chi connectivity index (χ3v) is 6.15. The third kappa shape index (κ3) is 5.25. The lowest BCUT2D eigenvalue weighted by Gasteiger charge is -2.09. The second kappa shape index (κ2) is 10.1. The summed E-state index contributed by atoms with van der Waals surface area (Å²) in [6.45, 7) is 2.86. The zero-order valence-electron chi connectivity index (χ0n) is 19.8. The molecule has 0 saturated heterocycles. The monoisotopic (exact) mass is 468 g/mol. The summed E-state index contributed by atoms with van der Waals surface area (Å²) in [5, 5.41) is 7.62. The fourth-order valence-corrected chi connectivity index (χ4v) is 4.11. The molecule has 1 unspecified atom stereocenters.